The summed E-state index contributed by atoms with van der Waals surface area (Å²) in [4.78, 5) is 37.5. The number of rotatable bonds is 7. The third kappa shape index (κ3) is 4.40. The molecule has 7 nitrogen and oxygen atoms in total. The van der Waals surface area contributed by atoms with E-state index in [9.17, 15) is 28.3 Å². The molecule has 1 fully saturated rings. The summed E-state index contributed by atoms with van der Waals surface area (Å²) in [7, 11) is 0. The maximum atomic E-state index is 13.1. The minimum atomic E-state index is -2.83. The van der Waals surface area contributed by atoms with E-state index in [-0.39, 0.29) is 25.6 Å². The number of aliphatic carboxylic acids is 1. The van der Waals surface area contributed by atoms with E-state index >= 15 is 0 Å². The molecule has 0 saturated carbocycles. The fourth-order valence-electron chi connectivity index (χ4n) is 4.49. The summed E-state index contributed by atoms with van der Waals surface area (Å²) < 4.78 is 31.5. The number of nitrogens with zero attached hydrogens (tertiary/aromatic N) is 1. The normalized spacial score (nSPS) is 17.0. The number of benzene rings is 2. The second-order valence-corrected chi connectivity index (χ2v) is 8.71. The quantitative estimate of drug-likeness (QED) is 0.662. The number of carboxylic acids is 1. The van der Waals surface area contributed by atoms with Gasteiger partial charge in [0.1, 0.15) is 12.6 Å². The van der Waals surface area contributed by atoms with Gasteiger partial charge in [0.05, 0.1) is 5.41 Å². The molecule has 174 valence electrons. The van der Waals surface area contributed by atoms with Crippen LogP contribution in [-0.2, 0) is 14.3 Å². The Kier molecular flexibility index (Phi) is 6.05. The van der Waals surface area contributed by atoms with E-state index in [0.29, 0.717) is 0 Å². The highest BCUT2D eigenvalue weighted by atomic mass is 19.3. The van der Waals surface area contributed by atoms with Gasteiger partial charge in [-0.15, -0.1) is 0 Å². The van der Waals surface area contributed by atoms with Crippen molar-refractivity contribution >= 4 is 18.0 Å². The lowest BCUT2D eigenvalue weighted by Gasteiger charge is -2.46. The first-order valence-corrected chi connectivity index (χ1v) is 10.6. The summed E-state index contributed by atoms with van der Waals surface area (Å²) in [5.41, 5.74) is 2.98. The number of alkyl carbamates (subject to hydrolysis) is 1. The molecule has 2 aromatic rings. The Labute approximate surface area is 189 Å². The number of carboxylic acid groups (broad SMARTS) is 1. The van der Waals surface area contributed by atoms with Crippen LogP contribution >= 0.6 is 0 Å². The maximum Gasteiger partial charge on any atom is 0.407 e. The van der Waals surface area contributed by atoms with Gasteiger partial charge in [-0.05, 0) is 29.2 Å². The molecule has 1 heterocycles. The van der Waals surface area contributed by atoms with Crippen LogP contribution in [0.2, 0.25) is 0 Å². The van der Waals surface area contributed by atoms with E-state index in [2.05, 4.69) is 5.32 Å². The van der Waals surface area contributed by atoms with Gasteiger partial charge in [0.25, 0.3) is 0 Å². The van der Waals surface area contributed by atoms with Crippen molar-refractivity contribution in [3.8, 4) is 11.1 Å². The number of nitrogens with one attached hydrogen (secondary N) is 1. The monoisotopic (exact) mass is 458 g/mol. The number of ether oxygens (including phenoxy) is 1. The SMILES string of the molecule is CC1(C(=O)O)CN(C(=O)C(CC(F)F)NC(=O)OCC2c3ccccc3-c3ccccc32)C1. The van der Waals surface area contributed by atoms with Crippen LogP contribution in [0.1, 0.15) is 30.4 Å². The molecule has 33 heavy (non-hydrogen) atoms. The van der Waals surface area contributed by atoms with Gasteiger partial charge in [-0.3, -0.25) is 9.59 Å². The number of carbonyl (C=O) groups excluding carboxylic acids is 2. The molecular formula is C24H24F2N2O5. The molecule has 2 aliphatic rings. The number of halogens is 2. The van der Waals surface area contributed by atoms with Crippen LogP contribution in [0.15, 0.2) is 48.5 Å². The molecule has 1 saturated heterocycles. The fourth-order valence-corrected chi connectivity index (χ4v) is 4.49. The molecule has 9 heteroatoms. The number of hydrogen-bond donors (Lipinski definition) is 2. The number of likely N-dealkylation sites (tertiary alicyclic amines) is 1. The molecule has 1 aliphatic carbocycles. The standard InChI is InChI=1S/C24H24F2N2O5/c1-24(22(30)31)12-28(13-24)21(29)19(10-20(25)26)27-23(32)33-11-18-16-8-4-2-6-14(16)15-7-3-5-9-17(15)18/h2-9,18-20H,10-13H2,1H3,(H,27,32)(H,30,31). The molecule has 1 atom stereocenters. The van der Waals surface area contributed by atoms with E-state index in [1.54, 1.807) is 0 Å². The lowest BCUT2D eigenvalue weighted by Crippen LogP contribution is -2.64. The highest BCUT2D eigenvalue weighted by Crippen LogP contribution is 2.44. The second kappa shape index (κ2) is 8.80. The van der Waals surface area contributed by atoms with Crippen molar-refractivity contribution in [1.82, 2.24) is 10.2 Å². The van der Waals surface area contributed by atoms with E-state index < -0.39 is 42.3 Å². The molecular weight excluding hydrogens is 434 g/mol. The summed E-state index contributed by atoms with van der Waals surface area (Å²) in [6.07, 6.45) is -4.69. The minimum absolute atomic E-state index is 0.0176. The van der Waals surface area contributed by atoms with Crippen molar-refractivity contribution in [2.75, 3.05) is 19.7 Å². The molecule has 1 aliphatic heterocycles. The van der Waals surface area contributed by atoms with Gasteiger partial charge >= 0.3 is 12.1 Å². The zero-order valence-electron chi connectivity index (χ0n) is 18.0. The second-order valence-electron chi connectivity index (χ2n) is 8.71. The Morgan fingerprint density at radius 1 is 1.09 bits per heavy atom. The lowest BCUT2D eigenvalue weighted by molar-refractivity contribution is -0.165. The Balaban J connectivity index is 1.40. The average molecular weight is 458 g/mol. The average Bonchev–Trinajstić information content (AvgIpc) is 3.08. The van der Waals surface area contributed by atoms with Crippen molar-refractivity contribution in [2.24, 2.45) is 5.41 Å². The summed E-state index contributed by atoms with van der Waals surface area (Å²) in [6, 6.07) is 14.0. The van der Waals surface area contributed by atoms with Crippen molar-refractivity contribution in [2.45, 2.75) is 31.7 Å². The molecule has 2 amide bonds. The van der Waals surface area contributed by atoms with Crippen molar-refractivity contribution in [3.63, 3.8) is 0 Å². The van der Waals surface area contributed by atoms with Gasteiger partial charge in [0, 0.05) is 25.4 Å². The minimum Gasteiger partial charge on any atom is -0.481 e. The Morgan fingerprint density at radius 2 is 1.64 bits per heavy atom. The first-order valence-electron chi connectivity index (χ1n) is 10.6. The van der Waals surface area contributed by atoms with E-state index in [1.165, 1.54) is 6.92 Å². The van der Waals surface area contributed by atoms with Crippen LogP contribution in [0.25, 0.3) is 11.1 Å². The van der Waals surface area contributed by atoms with Gasteiger partial charge in [0.2, 0.25) is 12.3 Å². The van der Waals surface area contributed by atoms with Crippen LogP contribution in [-0.4, -0.2) is 60.1 Å². The smallest absolute Gasteiger partial charge is 0.407 e. The molecule has 0 bridgehead atoms. The molecule has 1 unspecified atom stereocenters. The molecule has 4 rings (SSSR count). The summed E-state index contributed by atoms with van der Waals surface area (Å²) in [5.74, 6) is -2.02. The number of alkyl halides is 2. The predicted molar refractivity (Wildman–Crippen MR) is 115 cm³/mol. The van der Waals surface area contributed by atoms with Crippen molar-refractivity contribution < 1.29 is 33.0 Å². The molecule has 2 aromatic carbocycles. The van der Waals surface area contributed by atoms with Gasteiger partial charge in [-0.25, -0.2) is 13.6 Å². The van der Waals surface area contributed by atoms with E-state index in [4.69, 9.17) is 4.74 Å². The van der Waals surface area contributed by atoms with Crippen LogP contribution in [0.5, 0.6) is 0 Å². The largest absolute Gasteiger partial charge is 0.481 e. The topological polar surface area (TPSA) is 95.9 Å². The fraction of sp³-hybridized carbons (Fsp3) is 0.375. The van der Waals surface area contributed by atoms with Crippen LogP contribution in [0.4, 0.5) is 13.6 Å². The number of hydrogen-bond acceptors (Lipinski definition) is 4. The summed E-state index contributed by atoms with van der Waals surface area (Å²) >= 11 is 0. The summed E-state index contributed by atoms with van der Waals surface area (Å²) in [6.45, 7) is 1.25. The van der Waals surface area contributed by atoms with Gasteiger partial charge in [0.15, 0.2) is 0 Å². The van der Waals surface area contributed by atoms with Gasteiger partial charge < -0.3 is 20.1 Å². The molecule has 0 aromatic heterocycles. The zero-order valence-corrected chi connectivity index (χ0v) is 18.0. The molecule has 0 spiro atoms. The summed E-state index contributed by atoms with van der Waals surface area (Å²) in [5, 5.41) is 11.4. The number of carbonyl (C=O) groups is 3. The number of fused-ring (bicyclic) bond motifs is 3. The highest BCUT2D eigenvalue weighted by molar-refractivity contribution is 5.89. The highest BCUT2D eigenvalue weighted by Gasteiger charge is 2.49. The Hall–Kier alpha value is -3.49. The third-order valence-corrected chi connectivity index (χ3v) is 6.26. The first-order chi connectivity index (χ1) is 15.7. The van der Waals surface area contributed by atoms with Crippen LogP contribution in [0.3, 0.4) is 0 Å². The molecule has 2 N–H and O–H groups in total. The maximum absolute atomic E-state index is 13.1. The lowest BCUT2D eigenvalue weighted by atomic mass is 9.81. The first kappa shape index (κ1) is 22.7. The van der Waals surface area contributed by atoms with E-state index in [0.717, 1.165) is 27.2 Å². The Bertz CT molecular complexity index is 1040. The van der Waals surface area contributed by atoms with Crippen LogP contribution in [0, 0.1) is 5.41 Å². The molecule has 0 radical (unpaired) electrons. The van der Waals surface area contributed by atoms with Gasteiger partial charge in [-0.1, -0.05) is 48.5 Å². The van der Waals surface area contributed by atoms with Gasteiger partial charge in [-0.2, -0.15) is 0 Å². The van der Waals surface area contributed by atoms with Crippen molar-refractivity contribution in [3.05, 3.63) is 59.7 Å². The van der Waals surface area contributed by atoms with E-state index in [1.807, 2.05) is 48.5 Å². The third-order valence-electron chi connectivity index (χ3n) is 6.26. The van der Waals surface area contributed by atoms with Crippen LogP contribution < -0.4 is 5.32 Å². The zero-order chi connectivity index (χ0) is 23.8. The predicted octanol–water partition coefficient (Wildman–Crippen LogP) is 3.48. The Morgan fingerprint density at radius 3 is 2.15 bits per heavy atom. The number of amides is 2. The van der Waals surface area contributed by atoms with Crippen molar-refractivity contribution in [1.29, 1.82) is 0 Å².